The van der Waals surface area contributed by atoms with Crippen LogP contribution in [0.5, 0.6) is 11.5 Å². The van der Waals surface area contributed by atoms with Crippen LogP contribution in [0.15, 0.2) is 24.3 Å². The van der Waals surface area contributed by atoms with Crippen LogP contribution in [0.1, 0.15) is 138 Å². The van der Waals surface area contributed by atoms with Crippen LogP contribution in [0.4, 0.5) is 0 Å². The molecule has 0 saturated heterocycles. The highest BCUT2D eigenvalue weighted by Crippen LogP contribution is 2.38. The second-order valence-electron chi connectivity index (χ2n) is 9.97. The van der Waals surface area contributed by atoms with E-state index in [4.69, 9.17) is 0 Å². The van der Waals surface area contributed by atoms with Crippen LogP contribution in [-0.4, -0.2) is 10.2 Å². The van der Waals surface area contributed by atoms with Crippen molar-refractivity contribution in [1.82, 2.24) is 0 Å². The Morgan fingerprint density at radius 3 is 1.12 bits per heavy atom. The van der Waals surface area contributed by atoms with Crippen molar-refractivity contribution >= 4 is 0 Å². The van der Waals surface area contributed by atoms with Crippen LogP contribution < -0.4 is 0 Å². The topological polar surface area (TPSA) is 40.5 Å². The first-order valence-corrected chi connectivity index (χ1v) is 12.9. The number of rotatable bonds is 11. The Kier molecular flexibility index (Phi) is 9.67. The molecule has 2 N–H and O–H groups in total. The minimum absolute atomic E-state index is 0.330. The molecule has 0 aliphatic carbocycles. The summed E-state index contributed by atoms with van der Waals surface area (Å²) >= 11 is 0. The van der Waals surface area contributed by atoms with Gasteiger partial charge < -0.3 is 10.2 Å². The summed E-state index contributed by atoms with van der Waals surface area (Å²) in [4.78, 5) is 0. The lowest BCUT2D eigenvalue weighted by Crippen LogP contribution is -2.04. The summed E-state index contributed by atoms with van der Waals surface area (Å²) in [6, 6.07) is 8.81. The van der Waals surface area contributed by atoms with Crippen molar-refractivity contribution in [2.75, 3.05) is 0 Å². The lowest BCUT2D eigenvalue weighted by Gasteiger charge is -2.21. The predicted molar refractivity (Wildman–Crippen MR) is 138 cm³/mol. The van der Waals surface area contributed by atoms with E-state index < -0.39 is 0 Å². The molecule has 32 heavy (non-hydrogen) atoms. The van der Waals surface area contributed by atoms with Gasteiger partial charge in [0.25, 0.3) is 0 Å². The maximum absolute atomic E-state index is 11.1. The van der Waals surface area contributed by atoms with E-state index in [0.29, 0.717) is 35.2 Å². The summed E-state index contributed by atoms with van der Waals surface area (Å²) in [6.07, 6.45) is 5.65. The summed E-state index contributed by atoms with van der Waals surface area (Å²) in [6.45, 7) is 17.7. The van der Waals surface area contributed by atoms with Gasteiger partial charge in [-0.25, -0.2) is 0 Å². The maximum atomic E-state index is 11.1. The zero-order valence-corrected chi connectivity index (χ0v) is 21.8. The molecule has 4 unspecified atom stereocenters. The summed E-state index contributed by atoms with van der Waals surface area (Å²) < 4.78 is 0. The van der Waals surface area contributed by atoms with E-state index in [1.165, 1.54) is 11.1 Å². The normalized spacial score (nSPS) is 15.4. The molecule has 0 aliphatic heterocycles. The number of hydrogen-bond acceptors (Lipinski definition) is 2. The van der Waals surface area contributed by atoms with Gasteiger partial charge in [0.15, 0.2) is 0 Å². The summed E-state index contributed by atoms with van der Waals surface area (Å²) in [5, 5.41) is 22.2. The lowest BCUT2D eigenvalue weighted by molar-refractivity contribution is 0.448. The fourth-order valence-electron chi connectivity index (χ4n) is 4.37. The van der Waals surface area contributed by atoms with Crippen LogP contribution >= 0.6 is 0 Å². The van der Waals surface area contributed by atoms with Gasteiger partial charge in [-0.2, -0.15) is 0 Å². The maximum Gasteiger partial charge on any atom is 0.122 e. The van der Waals surface area contributed by atoms with Gasteiger partial charge >= 0.3 is 0 Å². The average molecular weight is 439 g/mol. The van der Waals surface area contributed by atoms with E-state index in [-0.39, 0.29) is 0 Å². The molecule has 2 aromatic carbocycles. The van der Waals surface area contributed by atoms with Crippen molar-refractivity contribution in [2.24, 2.45) is 0 Å². The molecule has 0 bridgehead atoms. The smallest absolute Gasteiger partial charge is 0.122 e. The monoisotopic (exact) mass is 438 g/mol. The van der Waals surface area contributed by atoms with Gasteiger partial charge in [0.05, 0.1) is 0 Å². The fraction of sp³-hybridized carbons (Fsp3) is 0.600. The van der Waals surface area contributed by atoms with Crippen LogP contribution in [-0.2, 0) is 12.8 Å². The average Bonchev–Trinajstić information content (AvgIpc) is 2.81. The fourth-order valence-corrected chi connectivity index (χ4v) is 4.37. The van der Waals surface area contributed by atoms with Gasteiger partial charge in [0, 0.05) is 0 Å². The molecular weight excluding hydrogens is 392 g/mol. The first kappa shape index (κ1) is 26.3. The van der Waals surface area contributed by atoms with Crippen molar-refractivity contribution in [1.29, 1.82) is 0 Å². The van der Waals surface area contributed by atoms with Gasteiger partial charge in [-0.1, -0.05) is 79.7 Å². The van der Waals surface area contributed by atoms with Crippen molar-refractivity contribution < 1.29 is 10.2 Å². The van der Waals surface area contributed by atoms with E-state index in [0.717, 1.165) is 60.8 Å². The zero-order chi connectivity index (χ0) is 24.0. The van der Waals surface area contributed by atoms with Gasteiger partial charge in [-0.05, 0) is 95.6 Å². The number of aryl methyl sites for hydroxylation is 2. The van der Waals surface area contributed by atoms with Gasteiger partial charge in [0.1, 0.15) is 11.5 Å². The second kappa shape index (κ2) is 11.8. The van der Waals surface area contributed by atoms with Crippen molar-refractivity contribution in [3.63, 3.8) is 0 Å². The van der Waals surface area contributed by atoms with Crippen molar-refractivity contribution in [2.45, 2.75) is 118 Å². The molecule has 2 heteroatoms. The minimum atomic E-state index is 0.330. The number of phenolic OH excluding ortho intramolecular Hbond substituents is 2. The van der Waals surface area contributed by atoms with E-state index in [1.807, 2.05) is 0 Å². The predicted octanol–water partition coefficient (Wildman–Crippen LogP) is 8.94. The Balaban J connectivity index is 2.48. The summed E-state index contributed by atoms with van der Waals surface area (Å²) in [5.74, 6) is 2.50. The van der Waals surface area contributed by atoms with E-state index >= 15 is 0 Å². The SMILES string of the molecule is CCC(C)c1cc(CCc2cc(C(C)CC)cc(C(C)CC)c2O)c(O)c(C(C)CC)c1. The Labute approximate surface area is 197 Å². The number of phenols is 2. The zero-order valence-electron chi connectivity index (χ0n) is 21.8. The number of benzene rings is 2. The Morgan fingerprint density at radius 2 is 0.844 bits per heavy atom. The molecule has 0 aliphatic rings. The molecule has 0 heterocycles. The standard InChI is InChI=1S/C30H46O2/c1-9-19(5)25-15-23(29(31)27(17-25)21(7)11-3)13-14-24-16-26(20(6)10-2)18-28(30(24)32)22(8)12-4/h15-22,31-32H,9-14H2,1-8H3. The van der Waals surface area contributed by atoms with Crippen LogP contribution in [0, 0.1) is 0 Å². The number of aromatic hydroxyl groups is 2. The molecule has 4 atom stereocenters. The second-order valence-corrected chi connectivity index (χ2v) is 9.97. The number of hydrogen-bond donors (Lipinski definition) is 2. The third-order valence-electron chi connectivity index (χ3n) is 7.79. The highest BCUT2D eigenvalue weighted by atomic mass is 16.3. The molecule has 2 nitrogen and oxygen atoms in total. The molecule has 0 amide bonds. The summed E-state index contributed by atoms with van der Waals surface area (Å²) in [7, 11) is 0. The summed E-state index contributed by atoms with van der Waals surface area (Å²) in [5.41, 5.74) is 6.78. The quantitative estimate of drug-likeness (QED) is 0.367. The minimum Gasteiger partial charge on any atom is -0.507 e. The largest absolute Gasteiger partial charge is 0.507 e. The molecule has 2 rings (SSSR count). The molecule has 0 saturated carbocycles. The van der Waals surface area contributed by atoms with Gasteiger partial charge in [0.2, 0.25) is 0 Å². The first-order valence-electron chi connectivity index (χ1n) is 12.9. The molecule has 0 spiro atoms. The van der Waals surface area contributed by atoms with Crippen LogP contribution in [0.2, 0.25) is 0 Å². The molecule has 0 radical (unpaired) electrons. The lowest BCUT2D eigenvalue weighted by atomic mass is 9.85. The molecule has 2 aromatic rings. The first-order chi connectivity index (χ1) is 15.2. The molecule has 178 valence electrons. The van der Waals surface area contributed by atoms with E-state index in [9.17, 15) is 10.2 Å². The highest BCUT2D eigenvalue weighted by molar-refractivity contribution is 5.49. The Morgan fingerprint density at radius 1 is 0.531 bits per heavy atom. The Bertz CT molecular complexity index is 809. The van der Waals surface area contributed by atoms with Crippen LogP contribution in [0.3, 0.4) is 0 Å². The third kappa shape index (κ3) is 5.88. The van der Waals surface area contributed by atoms with Crippen molar-refractivity contribution in [3.8, 4) is 11.5 Å². The molecule has 0 fully saturated rings. The van der Waals surface area contributed by atoms with E-state index in [1.54, 1.807) is 0 Å². The van der Waals surface area contributed by atoms with Crippen LogP contribution in [0.25, 0.3) is 0 Å². The third-order valence-corrected chi connectivity index (χ3v) is 7.79. The Hall–Kier alpha value is -1.96. The molecular formula is C30H46O2. The van der Waals surface area contributed by atoms with E-state index in [2.05, 4.69) is 79.7 Å². The van der Waals surface area contributed by atoms with Gasteiger partial charge in [-0.3, -0.25) is 0 Å². The highest BCUT2D eigenvalue weighted by Gasteiger charge is 2.19. The molecule has 0 aromatic heterocycles. The van der Waals surface area contributed by atoms with Crippen molar-refractivity contribution in [3.05, 3.63) is 57.6 Å². The van der Waals surface area contributed by atoms with Gasteiger partial charge in [-0.15, -0.1) is 0 Å².